The Morgan fingerprint density at radius 3 is 2.39 bits per heavy atom. The molecule has 7 nitrogen and oxygen atoms in total. The second-order valence-corrected chi connectivity index (χ2v) is 7.10. The van der Waals surface area contributed by atoms with Crippen LogP contribution in [0.3, 0.4) is 0 Å². The molecule has 8 heteroatoms. The van der Waals surface area contributed by atoms with E-state index in [4.69, 9.17) is 9.47 Å². The number of benzene rings is 2. The first-order valence-electron chi connectivity index (χ1n) is 10.1. The van der Waals surface area contributed by atoms with Gasteiger partial charge in [0.2, 0.25) is 0 Å². The number of carbonyl (C=O) groups is 3. The number of hydrogen-bond donors (Lipinski definition) is 0. The van der Waals surface area contributed by atoms with E-state index in [1.54, 1.807) is 41.3 Å². The highest BCUT2D eigenvalue weighted by Crippen LogP contribution is 2.23. The molecule has 0 atom stereocenters. The average molecular weight is 428 g/mol. The molecule has 1 aliphatic rings. The third kappa shape index (κ3) is 5.39. The van der Waals surface area contributed by atoms with E-state index in [2.05, 4.69) is 0 Å². The van der Waals surface area contributed by atoms with Gasteiger partial charge in [-0.15, -0.1) is 0 Å². The quantitative estimate of drug-likeness (QED) is 0.499. The minimum atomic E-state index is -0.622. The molecule has 2 aromatic rings. The van der Waals surface area contributed by atoms with Crippen LogP contribution in [0.25, 0.3) is 0 Å². The lowest BCUT2D eigenvalue weighted by atomic mass is 10.1. The van der Waals surface area contributed by atoms with Gasteiger partial charge >= 0.3 is 5.97 Å². The van der Waals surface area contributed by atoms with Crippen molar-refractivity contribution in [2.75, 3.05) is 44.3 Å². The minimum absolute atomic E-state index is 0.195. The maximum atomic E-state index is 14.4. The number of ether oxygens (including phenoxy) is 2. The molecule has 1 aliphatic heterocycles. The van der Waals surface area contributed by atoms with Crippen molar-refractivity contribution in [2.45, 2.75) is 13.8 Å². The highest BCUT2D eigenvalue weighted by atomic mass is 19.1. The van der Waals surface area contributed by atoms with Gasteiger partial charge in [0.05, 0.1) is 12.3 Å². The Morgan fingerprint density at radius 2 is 1.74 bits per heavy atom. The van der Waals surface area contributed by atoms with Crippen LogP contribution in [0.15, 0.2) is 42.5 Å². The minimum Gasteiger partial charge on any atom is -0.493 e. The number of anilines is 1. The zero-order chi connectivity index (χ0) is 22.4. The summed E-state index contributed by atoms with van der Waals surface area (Å²) in [5, 5.41) is 0. The van der Waals surface area contributed by atoms with E-state index in [0.29, 0.717) is 49.8 Å². The molecule has 1 heterocycles. The molecule has 1 fully saturated rings. The number of esters is 1. The number of hydrogen-bond acceptors (Lipinski definition) is 6. The summed E-state index contributed by atoms with van der Waals surface area (Å²) in [4.78, 5) is 39.6. The number of carbonyl (C=O) groups excluding carboxylic acids is 3. The summed E-state index contributed by atoms with van der Waals surface area (Å²) in [6.45, 7) is 4.86. The smallest absolute Gasteiger partial charge is 0.342 e. The molecule has 0 aliphatic carbocycles. The Hall–Kier alpha value is -3.42. The van der Waals surface area contributed by atoms with E-state index >= 15 is 0 Å². The zero-order valence-corrected chi connectivity index (χ0v) is 17.6. The van der Waals surface area contributed by atoms with E-state index < -0.39 is 11.8 Å². The monoisotopic (exact) mass is 428 g/mol. The molecule has 0 aromatic heterocycles. The molecular formula is C23H25FN2O5. The maximum Gasteiger partial charge on any atom is 0.342 e. The summed E-state index contributed by atoms with van der Waals surface area (Å²) >= 11 is 0. The molecule has 0 saturated carbocycles. The zero-order valence-electron chi connectivity index (χ0n) is 17.6. The second kappa shape index (κ2) is 10.1. The standard InChI is InChI=1S/C23H25FN2O5/c1-3-30-21-7-5-4-6-18(21)23(29)31-15-22(28)26-12-10-25(11-13-26)20-9-8-17(16(2)27)14-19(20)24/h4-9,14H,3,10-13,15H2,1-2H3. The van der Waals surface area contributed by atoms with Crippen LogP contribution in [0.2, 0.25) is 0 Å². The molecule has 0 bridgehead atoms. The van der Waals surface area contributed by atoms with Gasteiger partial charge in [0.15, 0.2) is 12.4 Å². The Labute approximate surface area is 180 Å². The number of halogens is 1. The second-order valence-electron chi connectivity index (χ2n) is 7.10. The van der Waals surface area contributed by atoms with Crippen LogP contribution in [0.4, 0.5) is 10.1 Å². The van der Waals surface area contributed by atoms with Gasteiger partial charge in [-0.25, -0.2) is 9.18 Å². The van der Waals surface area contributed by atoms with Crippen molar-refractivity contribution in [3.63, 3.8) is 0 Å². The summed E-state index contributed by atoms with van der Waals surface area (Å²) in [5.41, 5.74) is 0.991. The molecule has 0 N–H and O–H groups in total. The van der Waals surface area contributed by atoms with E-state index in [9.17, 15) is 18.8 Å². The maximum absolute atomic E-state index is 14.4. The number of para-hydroxylation sites is 1. The first-order valence-corrected chi connectivity index (χ1v) is 10.1. The molecule has 0 spiro atoms. The van der Waals surface area contributed by atoms with Crippen LogP contribution >= 0.6 is 0 Å². The Bertz CT molecular complexity index is 970. The lowest BCUT2D eigenvalue weighted by Crippen LogP contribution is -2.50. The highest BCUT2D eigenvalue weighted by Gasteiger charge is 2.24. The Kier molecular flexibility index (Phi) is 7.23. The first kappa shape index (κ1) is 22.3. The van der Waals surface area contributed by atoms with E-state index in [1.165, 1.54) is 13.0 Å². The molecule has 1 amide bonds. The molecule has 2 aromatic carbocycles. The number of Topliss-reactive ketones (excluding diaryl/α,β-unsaturated/α-hetero) is 1. The van der Waals surface area contributed by atoms with E-state index in [1.807, 2.05) is 11.8 Å². The summed E-state index contributed by atoms with van der Waals surface area (Å²) < 4.78 is 25.0. The predicted molar refractivity (Wildman–Crippen MR) is 113 cm³/mol. The number of amides is 1. The molecule has 31 heavy (non-hydrogen) atoms. The normalized spacial score (nSPS) is 13.6. The summed E-state index contributed by atoms with van der Waals surface area (Å²) in [5.74, 6) is -1.18. The van der Waals surface area contributed by atoms with Crippen LogP contribution in [0.1, 0.15) is 34.6 Å². The van der Waals surface area contributed by atoms with Crippen molar-refractivity contribution in [1.29, 1.82) is 0 Å². The predicted octanol–water partition coefficient (Wildman–Crippen LogP) is 2.93. The lowest BCUT2D eigenvalue weighted by Gasteiger charge is -2.36. The summed E-state index contributed by atoms with van der Waals surface area (Å²) in [6, 6.07) is 11.1. The van der Waals surface area contributed by atoms with Gasteiger partial charge in [0, 0.05) is 31.7 Å². The number of nitrogens with zero attached hydrogens (tertiary/aromatic N) is 2. The van der Waals surface area contributed by atoms with Crippen LogP contribution in [-0.4, -0.2) is 62.0 Å². The topological polar surface area (TPSA) is 76.2 Å². The van der Waals surface area contributed by atoms with Gasteiger partial charge in [0.25, 0.3) is 5.91 Å². The summed E-state index contributed by atoms with van der Waals surface area (Å²) in [6.07, 6.45) is 0. The van der Waals surface area contributed by atoms with Crippen LogP contribution < -0.4 is 9.64 Å². The molecule has 164 valence electrons. The van der Waals surface area contributed by atoms with Gasteiger partial charge in [-0.05, 0) is 44.2 Å². The molecule has 3 rings (SSSR count). The fourth-order valence-electron chi connectivity index (χ4n) is 3.39. The van der Waals surface area contributed by atoms with Gasteiger partial charge in [-0.3, -0.25) is 9.59 Å². The molecule has 1 saturated heterocycles. The number of ketones is 1. The van der Waals surface area contributed by atoms with Crippen LogP contribution in [0, 0.1) is 5.82 Å². The van der Waals surface area contributed by atoms with Crippen molar-refractivity contribution in [2.24, 2.45) is 0 Å². The Morgan fingerprint density at radius 1 is 1.03 bits per heavy atom. The SMILES string of the molecule is CCOc1ccccc1C(=O)OCC(=O)N1CCN(c2ccc(C(C)=O)cc2F)CC1. The third-order valence-electron chi connectivity index (χ3n) is 5.06. The van der Waals surface area contributed by atoms with Crippen molar-refractivity contribution < 1.29 is 28.2 Å². The van der Waals surface area contributed by atoms with Gasteiger partial charge in [0.1, 0.15) is 17.1 Å². The van der Waals surface area contributed by atoms with Crippen LogP contribution in [-0.2, 0) is 9.53 Å². The first-order chi connectivity index (χ1) is 14.9. The molecular weight excluding hydrogens is 403 g/mol. The summed E-state index contributed by atoms with van der Waals surface area (Å²) in [7, 11) is 0. The van der Waals surface area contributed by atoms with E-state index in [0.717, 1.165) is 0 Å². The van der Waals surface area contributed by atoms with Crippen LogP contribution in [0.5, 0.6) is 5.75 Å². The van der Waals surface area contributed by atoms with Gasteiger partial charge in [-0.2, -0.15) is 0 Å². The number of piperazine rings is 1. The third-order valence-corrected chi connectivity index (χ3v) is 5.06. The number of rotatable bonds is 7. The molecule has 0 unspecified atom stereocenters. The largest absolute Gasteiger partial charge is 0.493 e. The highest BCUT2D eigenvalue weighted by molar-refractivity contribution is 5.94. The van der Waals surface area contributed by atoms with Crippen molar-refractivity contribution in [1.82, 2.24) is 4.90 Å². The Balaban J connectivity index is 1.53. The average Bonchev–Trinajstić information content (AvgIpc) is 2.78. The van der Waals surface area contributed by atoms with Crippen molar-refractivity contribution in [3.8, 4) is 5.75 Å². The van der Waals surface area contributed by atoms with Crippen molar-refractivity contribution in [3.05, 3.63) is 59.4 Å². The van der Waals surface area contributed by atoms with Gasteiger partial charge in [-0.1, -0.05) is 12.1 Å². The molecule has 0 radical (unpaired) electrons. The lowest BCUT2D eigenvalue weighted by molar-refractivity contribution is -0.134. The fraction of sp³-hybridized carbons (Fsp3) is 0.348. The fourth-order valence-corrected chi connectivity index (χ4v) is 3.39. The van der Waals surface area contributed by atoms with E-state index in [-0.39, 0.29) is 23.9 Å². The van der Waals surface area contributed by atoms with Gasteiger partial charge < -0.3 is 19.3 Å². The van der Waals surface area contributed by atoms with Crippen molar-refractivity contribution >= 4 is 23.3 Å².